The molecule has 0 saturated heterocycles. The Bertz CT molecular complexity index is 1300. The smallest absolute Gasteiger partial charge is 0.255 e. The van der Waals surface area contributed by atoms with Gasteiger partial charge in [-0.05, 0) is 71.1 Å². The number of anilines is 2. The summed E-state index contributed by atoms with van der Waals surface area (Å²) in [6.45, 7) is 0. The summed E-state index contributed by atoms with van der Waals surface area (Å²) in [7, 11) is 0. The zero-order chi connectivity index (χ0) is 21.9. The Morgan fingerprint density at radius 2 is 1.22 bits per heavy atom. The van der Waals surface area contributed by atoms with Crippen molar-refractivity contribution in [2.45, 2.75) is 12.8 Å². The summed E-state index contributed by atoms with van der Waals surface area (Å²) in [5.74, 6) is -0.244. The van der Waals surface area contributed by atoms with Crippen molar-refractivity contribution in [3.8, 4) is 0 Å². The molecule has 0 aliphatic heterocycles. The highest BCUT2D eigenvalue weighted by atomic mass is 16.2. The van der Waals surface area contributed by atoms with Crippen LogP contribution in [0.2, 0.25) is 0 Å². The predicted octanol–water partition coefficient (Wildman–Crippen LogP) is 5.69. The molecule has 0 heterocycles. The topological polar surface area (TPSA) is 58.2 Å². The molecule has 4 nitrogen and oxygen atoms in total. The van der Waals surface area contributed by atoms with Crippen molar-refractivity contribution < 1.29 is 9.59 Å². The number of amides is 2. The molecule has 0 fully saturated rings. The maximum atomic E-state index is 12.7. The average molecular weight is 418 g/mol. The zero-order valence-electron chi connectivity index (χ0n) is 17.5. The van der Waals surface area contributed by atoms with Crippen LogP contribution >= 0.6 is 0 Å². The predicted molar refractivity (Wildman–Crippen MR) is 127 cm³/mol. The number of carbonyl (C=O) groups excluding carboxylic acids is 2. The van der Waals surface area contributed by atoms with Crippen molar-refractivity contribution in [1.82, 2.24) is 0 Å². The zero-order valence-corrected chi connectivity index (χ0v) is 17.5. The number of rotatable bonds is 4. The molecule has 4 aromatic rings. The van der Waals surface area contributed by atoms with Gasteiger partial charge >= 0.3 is 0 Å². The van der Waals surface area contributed by atoms with Gasteiger partial charge in [0.1, 0.15) is 0 Å². The fraction of sp³-hybridized carbons (Fsp3) is 0.0714. The molecule has 2 N–H and O–H groups in total. The van der Waals surface area contributed by atoms with Crippen molar-refractivity contribution in [2.24, 2.45) is 0 Å². The van der Waals surface area contributed by atoms with Gasteiger partial charge in [0.05, 0.1) is 0 Å². The van der Waals surface area contributed by atoms with Crippen LogP contribution in [0.5, 0.6) is 0 Å². The third-order valence-corrected chi connectivity index (χ3v) is 5.81. The number of fused-ring (bicyclic) bond motifs is 2. The van der Waals surface area contributed by atoms with Crippen LogP contribution in [-0.2, 0) is 12.8 Å². The average Bonchev–Trinajstić information content (AvgIpc) is 2.84. The maximum absolute atomic E-state index is 12.7. The Hall–Kier alpha value is -4.18. The van der Waals surface area contributed by atoms with Gasteiger partial charge in [-0.1, -0.05) is 54.6 Å². The van der Waals surface area contributed by atoms with Gasteiger partial charge in [-0.25, -0.2) is 0 Å². The van der Waals surface area contributed by atoms with Crippen LogP contribution < -0.4 is 10.6 Å². The summed E-state index contributed by atoms with van der Waals surface area (Å²) in [5.41, 5.74) is 7.59. The highest BCUT2D eigenvalue weighted by Crippen LogP contribution is 2.33. The van der Waals surface area contributed by atoms with E-state index in [1.54, 1.807) is 12.1 Å². The van der Waals surface area contributed by atoms with Crippen molar-refractivity contribution in [3.63, 3.8) is 0 Å². The van der Waals surface area contributed by atoms with E-state index in [9.17, 15) is 9.59 Å². The monoisotopic (exact) mass is 418 g/mol. The summed E-state index contributed by atoms with van der Waals surface area (Å²) >= 11 is 0. The number of benzene rings is 4. The van der Waals surface area contributed by atoms with E-state index in [-0.39, 0.29) is 11.8 Å². The molecule has 2 amide bonds. The molecular weight excluding hydrogens is 396 g/mol. The first-order chi connectivity index (χ1) is 15.7. The third kappa shape index (κ3) is 4.03. The maximum Gasteiger partial charge on any atom is 0.255 e. The lowest BCUT2D eigenvalue weighted by Gasteiger charge is -2.23. The molecule has 0 atom stereocenters. The molecule has 4 aromatic carbocycles. The van der Waals surface area contributed by atoms with Crippen LogP contribution in [0.3, 0.4) is 0 Å². The molecule has 0 spiro atoms. The molecule has 156 valence electrons. The van der Waals surface area contributed by atoms with Gasteiger partial charge in [-0.2, -0.15) is 0 Å². The molecule has 32 heavy (non-hydrogen) atoms. The Balaban J connectivity index is 1.38. The summed E-state index contributed by atoms with van der Waals surface area (Å²) in [5, 5.41) is 6.07. The van der Waals surface area contributed by atoms with Gasteiger partial charge in [0.25, 0.3) is 11.8 Å². The Morgan fingerprint density at radius 1 is 0.562 bits per heavy atom. The first-order valence-corrected chi connectivity index (χ1v) is 10.6. The molecule has 5 rings (SSSR count). The summed E-state index contributed by atoms with van der Waals surface area (Å²) in [6, 6.07) is 30.5. The van der Waals surface area contributed by atoms with Crippen molar-refractivity contribution in [1.29, 1.82) is 0 Å². The molecule has 1 aliphatic carbocycles. The normalized spacial score (nSPS) is 11.8. The van der Waals surface area contributed by atoms with Crippen LogP contribution in [0.15, 0.2) is 97.1 Å². The minimum Gasteiger partial charge on any atom is -0.322 e. The minimum atomic E-state index is -0.127. The van der Waals surface area contributed by atoms with E-state index >= 15 is 0 Å². The van der Waals surface area contributed by atoms with E-state index in [1.807, 2.05) is 72.8 Å². The second kappa shape index (κ2) is 8.52. The summed E-state index contributed by atoms with van der Waals surface area (Å²) in [4.78, 5) is 25.2. The van der Waals surface area contributed by atoms with Gasteiger partial charge in [0, 0.05) is 28.9 Å². The number of hydrogen-bond donors (Lipinski definition) is 2. The fourth-order valence-electron chi connectivity index (χ4n) is 4.14. The SMILES string of the molecule is O=C(Nc1ccc2c(c1)Cc1c(cccc1NC(=O)c1ccccc1)C2)c1ccccc1. The minimum absolute atomic E-state index is 0.117. The van der Waals surface area contributed by atoms with Crippen molar-refractivity contribution >= 4 is 23.2 Å². The van der Waals surface area contributed by atoms with E-state index in [0.717, 1.165) is 28.9 Å². The van der Waals surface area contributed by atoms with E-state index in [1.165, 1.54) is 11.1 Å². The first-order valence-electron chi connectivity index (χ1n) is 10.6. The fourth-order valence-corrected chi connectivity index (χ4v) is 4.14. The quantitative estimate of drug-likeness (QED) is 0.394. The van der Waals surface area contributed by atoms with Gasteiger partial charge < -0.3 is 10.6 Å². The van der Waals surface area contributed by atoms with Crippen molar-refractivity contribution in [3.05, 3.63) is 130 Å². The highest BCUT2D eigenvalue weighted by Gasteiger charge is 2.20. The second-order valence-corrected chi connectivity index (χ2v) is 7.92. The highest BCUT2D eigenvalue weighted by molar-refractivity contribution is 6.05. The number of hydrogen-bond acceptors (Lipinski definition) is 2. The molecule has 0 bridgehead atoms. The number of nitrogens with one attached hydrogen (secondary N) is 2. The Morgan fingerprint density at radius 3 is 1.91 bits per heavy atom. The van der Waals surface area contributed by atoms with Gasteiger partial charge in [0.15, 0.2) is 0 Å². The lowest BCUT2D eigenvalue weighted by Crippen LogP contribution is -2.17. The first kappa shape index (κ1) is 19.8. The third-order valence-electron chi connectivity index (χ3n) is 5.81. The Kier molecular flexibility index (Phi) is 5.26. The van der Waals surface area contributed by atoms with Gasteiger partial charge in [-0.15, -0.1) is 0 Å². The van der Waals surface area contributed by atoms with E-state index in [2.05, 4.69) is 22.8 Å². The summed E-state index contributed by atoms with van der Waals surface area (Å²) < 4.78 is 0. The Labute approximate surface area is 186 Å². The van der Waals surface area contributed by atoms with Crippen LogP contribution in [0.4, 0.5) is 11.4 Å². The second-order valence-electron chi connectivity index (χ2n) is 7.92. The van der Waals surface area contributed by atoms with Crippen LogP contribution in [0.1, 0.15) is 43.0 Å². The molecule has 4 heteroatoms. The van der Waals surface area contributed by atoms with Gasteiger partial charge in [-0.3, -0.25) is 9.59 Å². The van der Waals surface area contributed by atoms with Crippen LogP contribution in [0, 0.1) is 0 Å². The molecular formula is C28H22N2O2. The van der Waals surface area contributed by atoms with E-state index in [0.29, 0.717) is 17.5 Å². The molecule has 1 aliphatic rings. The molecule has 0 saturated carbocycles. The standard InChI is InChI=1S/C28H22N2O2/c31-27(19-8-3-1-4-9-19)29-24-15-14-21-16-22-12-7-13-26(25(22)18-23(21)17-24)30-28(32)20-10-5-2-6-11-20/h1-15,17H,16,18H2,(H,29,31)(H,30,32). The number of carbonyl (C=O) groups is 2. The van der Waals surface area contributed by atoms with E-state index in [4.69, 9.17) is 0 Å². The lowest BCUT2D eigenvalue weighted by atomic mass is 9.85. The molecule has 0 unspecified atom stereocenters. The summed E-state index contributed by atoms with van der Waals surface area (Å²) in [6.07, 6.45) is 1.50. The van der Waals surface area contributed by atoms with Crippen molar-refractivity contribution in [2.75, 3.05) is 10.6 Å². The van der Waals surface area contributed by atoms with Gasteiger partial charge in [0.2, 0.25) is 0 Å². The van der Waals surface area contributed by atoms with Crippen LogP contribution in [-0.4, -0.2) is 11.8 Å². The molecule has 0 aromatic heterocycles. The van der Waals surface area contributed by atoms with Crippen LogP contribution in [0.25, 0.3) is 0 Å². The molecule has 0 radical (unpaired) electrons. The lowest BCUT2D eigenvalue weighted by molar-refractivity contribution is 0.101. The van der Waals surface area contributed by atoms with E-state index < -0.39 is 0 Å². The largest absolute Gasteiger partial charge is 0.322 e.